The lowest BCUT2D eigenvalue weighted by Gasteiger charge is -2.84. The number of ether oxygens (including phenoxy) is 2. The average molecular weight is 398 g/mol. The molecule has 0 saturated heterocycles. The highest BCUT2D eigenvalue weighted by Gasteiger charge is 3.12. The molecule has 124 valence electrons. The van der Waals surface area contributed by atoms with Gasteiger partial charge in [0.25, 0.3) is 0 Å². The SMILES string of the molecule is COC1(OC)[C@]2(Cl)[C@H]3C(=O)[C@@H]4[C@@H]5C(=O)[C@H]3[C@@]1(Cl)[C@@]1(Cl)[C@H]5[C@@H]4[C@]12Cl. The minimum atomic E-state index is -1.58. The van der Waals surface area contributed by atoms with E-state index in [0.717, 1.165) is 0 Å². The molecular weight excluding hydrogens is 386 g/mol. The van der Waals surface area contributed by atoms with Gasteiger partial charge in [-0.25, -0.2) is 0 Å². The molecule has 0 aliphatic heterocycles. The van der Waals surface area contributed by atoms with Gasteiger partial charge >= 0.3 is 0 Å². The van der Waals surface area contributed by atoms with Gasteiger partial charge in [0, 0.05) is 26.1 Å². The third-order valence-electron chi connectivity index (χ3n) is 8.05. The second-order valence-electron chi connectivity index (χ2n) is 7.74. The normalized spacial score (nSPS) is 70.9. The molecule has 0 N–H and O–H groups in total. The highest BCUT2D eigenvalue weighted by molar-refractivity contribution is 6.53. The summed E-state index contributed by atoms with van der Waals surface area (Å²) in [5.74, 6) is -4.44. The van der Waals surface area contributed by atoms with Crippen LogP contribution >= 0.6 is 46.4 Å². The van der Waals surface area contributed by atoms with Crippen LogP contribution in [0.2, 0.25) is 0 Å². The highest BCUT2D eigenvalue weighted by atomic mass is 35.5. The second-order valence-corrected chi connectivity index (χ2v) is 10.1. The van der Waals surface area contributed by atoms with E-state index >= 15 is 0 Å². The summed E-state index contributed by atoms with van der Waals surface area (Å²) in [7, 11) is 2.83. The standard InChI is InChI=1S/C15H12Cl4O4/c1-22-15(23-2)13(18)7-8-10(21)4-3(9(7)20)5-6(4)12(17,11(5,13)16)14(8,15)19/h3-8H,1-2H3/t3-,4+,5-,6-,7-,8+,11+,12-,13+,14-/m1/s1. The lowest BCUT2D eigenvalue weighted by atomic mass is 9.24. The van der Waals surface area contributed by atoms with Crippen LogP contribution in [0, 0.1) is 35.5 Å². The zero-order valence-corrected chi connectivity index (χ0v) is 15.1. The van der Waals surface area contributed by atoms with Crippen LogP contribution in [0.3, 0.4) is 0 Å². The van der Waals surface area contributed by atoms with Crippen molar-refractivity contribution in [3.05, 3.63) is 0 Å². The number of hydrogen-bond donors (Lipinski definition) is 0. The van der Waals surface area contributed by atoms with Gasteiger partial charge in [0.2, 0.25) is 5.79 Å². The molecule has 0 heterocycles. The Bertz CT molecular complexity index is 696. The first-order valence-electron chi connectivity index (χ1n) is 7.61. The van der Waals surface area contributed by atoms with Crippen molar-refractivity contribution in [3.8, 4) is 0 Å². The maximum absolute atomic E-state index is 13.0. The van der Waals surface area contributed by atoms with E-state index in [1.165, 1.54) is 14.2 Å². The van der Waals surface area contributed by atoms with Crippen LogP contribution in [0.1, 0.15) is 0 Å². The molecule has 0 unspecified atom stereocenters. The Morgan fingerprint density at radius 2 is 1.09 bits per heavy atom. The molecule has 5 rings (SSSR count). The van der Waals surface area contributed by atoms with Crippen molar-refractivity contribution >= 4 is 58.0 Å². The summed E-state index contributed by atoms with van der Waals surface area (Å²) < 4.78 is 11.4. The van der Waals surface area contributed by atoms with Gasteiger partial charge in [0.15, 0.2) is 0 Å². The maximum atomic E-state index is 13.0. The van der Waals surface area contributed by atoms with Crippen LogP contribution in [0.4, 0.5) is 0 Å². The number of Topliss-reactive ketones (excluding diaryl/α,β-unsaturated/α-hetero) is 2. The highest BCUT2D eigenvalue weighted by Crippen LogP contribution is 2.97. The van der Waals surface area contributed by atoms with Gasteiger partial charge in [-0.05, 0) is 11.8 Å². The maximum Gasteiger partial charge on any atom is 0.211 e. The topological polar surface area (TPSA) is 52.6 Å². The minimum Gasteiger partial charge on any atom is -0.350 e. The Labute approximate surface area is 152 Å². The van der Waals surface area contributed by atoms with Gasteiger partial charge in [0.1, 0.15) is 21.3 Å². The van der Waals surface area contributed by atoms with Crippen molar-refractivity contribution in [1.29, 1.82) is 0 Å². The molecule has 0 aromatic rings. The molecular formula is C15H12Cl4O4. The van der Waals surface area contributed by atoms with Crippen molar-refractivity contribution in [1.82, 2.24) is 0 Å². The molecule has 0 aromatic carbocycles. The molecule has 2 bridgehead atoms. The van der Waals surface area contributed by atoms with E-state index in [1.807, 2.05) is 0 Å². The van der Waals surface area contributed by atoms with Gasteiger partial charge in [-0.1, -0.05) is 0 Å². The van der Waals surface area contributed by atoms with Crippen LogP contribution in [0.5, 0.6) is 0 Å². The molecule has 8 heteroatoms. The summed E-state index contributed by atoms with van der Waals surface area (Å²) >= 11 is 28.3. The lowest BCUT2D eigenvalue weighted by Crippen LogP contribution is -2.97. The van der Waals surface area contributed by atoms with Gasteiger partial charge in [0.05, 0.1) is 21.6 Å². The number of methoxy groups -OCH3 is 2. The third-order valence-corrected chi connectivity index (χ3v) is 11.6. The van der Waals surface area contributed by atoms with Crippen LogP contribution in [-0.2, 0) is 19.1 Å². The minimum absolute atomic E-state index is 0.0217. The monoisotopic (exact) mass is 396 g/mol. The summed E-state index contributed by atoms with van der Waals surface area (Å²) in [5.41, 5.74) is 0. The lowest BCUT2D eigenvalue weighted by molar-refractivity contribution is -0.244. The number of ketones is 2. The van der Waals surface area contributed by atoms with Gasteiger partial charge in [-0.15, -0.1) is 46.4 Å². The number of hydrogen-bond acceptors (Lipinski definition) is 4. The first-order chi connectivity index (χ1) is 10.7. The Balaban J connectivity index is 1.81. The number of rotatable bonds is 2. The van der Waals surface area contributed by atoms with Crippen molar-refractivity contribution in [2.45, 2.75) is 25.3 Å². The van der Waals surface area contributed by atoms with Crippen LogP contribution in [-0.4, -0.2) is 51.1 Å². The first kappa shape index (κ1) is 14.6. The molecule has 5 fully saturated rings. The van der Waals surface area contributed by atoms with E-state index in [2.05, 4.69) is 0 Å². The predicted octanol–water partition coefficient (Wildman–Crippen LogP) is 1.80. The fourth-order valence-corrected chi connectivity index (χ4v) is 11.1. The van der Waals surface area contributed by atoms with E-state index in [4.69, 9.17) is 55.9 Å². The summed E-state index contributed by atoms with van der Waals surface area (Å²) in [6.07, 6.45) is 0. The average Bonchev–Trinajstić information content (AvgIpc) is 2.73. The molecule has 5 saturated carbocycles. The summed E-state index contributed by atoms with van der Waals surface area (Å²) in [6, 6.07) is 0. The van der Waals surface area contributed by atoms with Crippen molar-refractivity contribution in [2.24, 2.45) is 35.5 Å². The molecule has 4 nitrogen and oxygen atoms in total. The van der Waals surface area contributed by atoms with E-state index in [0.29, 0.717) is 0 Å². The van der Waals surface area contributed by atoms with Crippen LogP contribution in [0.15, 0.2) is 0 Å². The van der Waals surface area contributed by atoms with Crippen LogP contribution in [0.25, 0.3) is 0 Å². The predicted molar refractivity (Wildman–Crippen MR) is 82.0 cm³/mol. The molecule has 0 aromatic heterocycles. The fourth-order valence-electron chi connectivity index (χ4n) is 7.73. The van der Waals surface area contributed by atoms with Gasteiger partial charge in [-0.2, -0.15) is 0 Å². The zero-order valence-electron chi connectivity index (χ0n) is 12.1. The molecule has 23 heavy (non-hydrogen) atoms. The van der Waals surface area contributed by atoms with Crippen LogP contribution < -0.4 is 0 Å². The molecule has 10 atom stereocenters. The first-order valence-corrected chi connectivity index (χ1v) is 9.13. The van der Waals surface area contributed by atoms with E-state index in [9.17, 15) is 9.59 Å². The molecule has 0 amide bonds. The Morgan fingerprint density at radius 1 is 0.739 bits per heavy atom. The summed E-state index contributed by atoms with van der Waals surface area (Å²) in [5, 5.41) is 0. The number of carbonyl (C=O) groups excluding carboxylic acids is 2. The number of halogens is 4. The Morgan fingerprint density at radius 3 is 1.39 bits per heavy atom. The van der Waals surface area contributed by atoms with Crippen molar-refractivity contribution in [3.63, 3.8) is 0 Å². The smallest absolute Gasteiger partial charge is 0.211 e. The fraction of sp³-hybridized carbons (Fsp3) is 0.867. The summed E-state index contributed by atoms with van der Waals surface area (Å²) in [6.45, 7) is 0. The van der Waals surface area contributed by atoms with E-state index in [-0.39, 0.29) is 35.2 Å². The number of fused-ring (bicyclic) bond motifs is 14. The number of carbonyl (C=O) groups is 2. The second kappa shape index (κ2) is 3.23. The zero-order chi connectivity index (χ0) is 16.5. The quantitative estimate of drug-likeness (QED) is 0.405. The third kappa shape index (κ3) is 0.753. The van der Waals surface area contributed by atoms with E-state index in [1.54, 1.807) is 0 Å². The summed E-state index contributed by atoms with van der Waals surface area (Å²) in [4.78, 5) is 21.0. The van der Waals surface area contributed by atoms with Crippen molar-refractivity contribution < 1.29 is 19.1 Å². The Hall–Kier alpha value is 0.420. The van der Waals surface area contributed by atoms with Crippen molar-refractivity contribution in [2.75, 3.05) is 14.2 Å². The van der Waals surface area contributed by atoms with Gasteiger partial charge in [-0.3, -0.25) is 9.59 Å². The largest absolute Gasteiger partial charge is 0.350 e. The van der Waals surface area contributed by atoms with E-state index < -0.39 is 37.1 Å². The van der Waals surface area contributed by atoms with Gasteiger partial charge < -0.3 is 9.47 Å². The molecule has 5 aliphatic rings. The number of alkyl halides is 4. The molecule has 0 spiro atoms. The molecule has 0 radical (unpaired) electrons. The molecule has 5 aliphatic carbocycles. The Kier molecular flexibility index (Phi) is 2.05.